The summed E-state index contributed by atoms with van der Waals surface area (Å²) in [5, 5.41) is 21.2. The number of esters is 1. The number of Topliss-reactive ketones (excluding diaryl/α,β-unsaturated/α-hetero) is 1. The van der Waals surface area contributed by atoms with Gasteiger partial charge in [0.05, 0.1) is 23.9 Å². The molecule has 8 atom stereocenters. The number of aromatic nitrogens is 3. The average Bonchev–Trinajstić information content (AvgIpc) is 3.21. The number of hydrogen-bond donors (Lipinski definition) is 1. The third kappa shape index (κ3) is 3.46. The van der Waals surface area contributed by atoms with E-state index in [-0.39, 0.29) is 41.3 Å². The predicted molar refractivity (Wildman–Crippen MR) is 148 cm³/mol. The van der Waals surface area contributed by atoms with Crippen LogP contribution in [0.5, 0.6) is 0 Å². The molecule has 2 aromatic rings. The van der Waals surface area contributed by atoms with Crippen molar-refractivity contribution in [2.24, 2.45) is 34.5 Å². The number of ketones is 1. The number of fused-ring (bicyclic) bond motifs is 5. The number of carbonyl (C=O) groups is 2. The van der Waals surface area contributed by atoms with Gasteiger partial charge in [-0.15, -0.1) is 5.10 Å². The molecule has 1 spiro atoms. The number of para-hydroxylation sites is 1. The van der Waals surface area contributed by atoms with E-state index < -0.39 is 35.0 Å². The highest BCUT2D eigenvalue weighted by Crippen LogP contribution is 2.72. The second-order valence-corrected chi connectivity index (χ2v) is 13.6. The number of nitrogens with zero attached hydrogens (tertiary/aromatic N) is 3. The predicted octanol–water partition coefficient (Wildman–Crippen LogP) is 4.06. The molecule has 7 rings (SSSR count). The van der Waals surface area contributed by atoms with E-state index in [2.05, 4.69) is 31.1 Å². The molecule has 1 saturated heterocycles. The lowest BCUT2D eigenvalue weighted by atomic mass is 9.59. The Bertz CT molecular complexity index is 1510. The van der Waals surface area contributed by atoms with Crippen LogP contribution in [0.4, 0.5) is 0 Å². The number of allylic oxidation sites excluding steroid dienone is 1. The normalized spacial score (nSPS) is 39.7. The average molecular weight is 560 g/mol. The lowest BCUT2D eigenvalue weighted by Crippen LogP contribution is -2.68. The summed E-state index contributed by atoms with van der Waals surface area (Å²) in [6, 6.07) is 9.18. The first kappa shape index (κ1) is 26.7. The lowest BCUT2D eigenvalue weighted by molar-refractivity contribution is -0.302. The summed E-state index contributed by atoms with van der Waals surface area (Å²) in [7, 11) is 0. The molecule has 9 heteroatoms. The molecule has 2 bridgehead atoms. The van der Waals surface area contributed by atoms with Crippen LogP contribution >= 0.6 is 0 Å². The SMILES string of the molecule is CC1=C[C@]23C(=O)[C@@H](C=C4COC(C)(C)O[C@H]4[C@]2(O)[C@H]1OC(=O)c1cnnn1-c1ccccc1)[C@H]1[C@@H](C[C@H]3C)C1(C)C. The molecule has 4 aliphatic carbocycles. The monoisotopic (exact) mass is 559 g/mol. The van der Waals surface area contributed by atoms with Gasteiger partial charge >= 0.3 is 5.97 Å². The van der Waals surface area contributed by atoms with Gasteiger partial charge in [0.2, 0.25) is 0 Å². The quantitative estimate of drug-likeness (QED) is 0.443. The molecule has 41 heavy (non-hydrogen) atoms. The maximum Gasteiger partial charge on any atom is 0.359 e. The van der Waals surface area contributed by atoms with Crippen LogP contribution in [-0.4, -0.2) is 62.1 Å². The summed E-state index contributed by atoms with van der Waals surface area (Å²) < 4.78 is 20.2. The Morgan fingerprint density at radius 3 is 2.63 bits per heavy atom. The van der Waals surface area contributed by atoms with E-state index in [4.69, 9.17) is 14.2 Å². The van der Waals surface area contributed by atoms with Crippen LogP contribution in [0, 0.1) is 34.5 Å². The van der Waals surface area contributed by atoms with Gasteiger partial charge in [0.1, 0.15) is 6.10 Å². The molecule has 1 aromatic carbocycles. The fourth-order valence-corrected chi connectivity index (χ4v) is 8.60. The van der Waals surface area contributed by atoms with Crippen LogP contribution in [0.3, 0.4) is 0 Å². The third-order valence-electron chi connectivity index (χ3n) is 10.7. The second kappa shape index (κ2) is 8.46. The van der Waals surface area contributed by atoms with Gasteiger partial charge in [0, 0.05) is 5.92 Å². The summed E-state index contributed by atoms with van der Waals surface area (Å²) in [6.07, 6.45) is 3.97. The maximum atomic E-state index is 14.8. The molecule has 1 aromatic heterocycles. The van der Waals surface area contributed by atoms with E-state index in [1.54, 1.807) is 13.8 Å². The Kier molecular flexibility index (Phi) is 5.52. The number of carbonyl (C=O) groups excluding carboxylic acids is 2. The minimum atomic E-state index is -1.88. The molecule has 2 saturated carbocycles. The topological polar surface area (TPSA) is 113 Å². The lowest BCUT2D eigenvalue weighted by Gasteiger charge is -2.52. The fraction of sp³-hybridized carbons (Fsp3) is 0.562. The molecule has 0 unspecified atom stereocenters. The number of ether oxygens (including phenoxy) is 3. The van der Waals surface area contributed by atoms with Gasteiger partial charge < -0.3 is 19.3 Å². The summed E-state index contributed by atoms with van der Waals surface area (Å²) >= 11 is 0. The summed E-state index contributed by atoms with van der Waals surface area (Å²) in [4.78, 5) is 28.6. The standard InChI is InChI=1S/C32H37N3O6/c1-17-14-31-18(2)12-22-24(29(22,3)4)21(25(31)36)13-19-16-39-30(5,6)41-27(19)32(31,38)26(17)40-28(37)23-15-33-34-35(23)20-10-8-7-9-11-20/h7-11,13-15,18,21-22,24,26-27,38H,12,16H2,1-6H3/t18-,21+,22-,24+,26+,27-,31+,32-/m1/s1. The Balaban J connectivity index is 1.35. The molecule has 0 amide bonds. The Morgan fingerprint density at radius 1 is 1.17 bits per heavy atom. The smallest absolute Gasteiger partial charge is 0.359 e. The van der Waals surface area contributed by atoms with Crippen molar-refractivity contribution in [2.75, 3.05) is 6.61 Å². The zero-order chi connectivity index (χ0) is 29.1. The molecule has 2 heterocycles. The van der Waals surface area contributed by atoms with Crippen LogP contribution in [0.15, 0.2) is 59.8 Å². The van der Waals surface area contributed by atoms with Crippen molar-refractivity contribution in [1.82, 2.24) is 15.0 Å². The highest BCUT2D eigenvalue weighted by atomic mass is 16.7. The number of aliphatic hydroxyl groups is 1. The minimum absolute atomic E-state index is 0.0208. The van der Waals surface area contributed by atoms with E-state index in [1.165, 1.54) is 10.9 Å². The minimum Gasteiger partial charge on any atom is -0.450 e. The van der Waals surface area contributed by atoms with Crippen molar-refractivity contribution >= 4 is 11.8 Å². The molecule has 216 valence electrons. The molecule has 1 N–H and O–H groups in total. The second-order valence-electron chi connectivity index (χ2n) is 13.6. The van der Waals surface area contributed by atoms with Gasteiger partial charge in [-0.05, 0) is 73.6 Å². The van der Waals surface area contributed by atoms with Crippen molar-refractivity contribution < 1.29 is 28.9 Å². The van der Waals surface area contributed by atoms with Crippen LogP contribution in [0.1, 0.15) is 58.5 Å². The van der Waals surface area contributed by atoms with E-state index in [0.717, 1.165) is 12.0 Å². The van der Waals surface area contributed by atoms with E-state index in [1.807, 2.05) is 49.4 Å². The van der Waals surface area contributed by atoms with E-state index in [0.29, 0.717) is 17.2 Å². The molecule has 3 fully saturated rings. The van der Waals surface area contributed by atoms with E-state index in [9.17, 15) is 14.7 Å². The van der Waals surface area contributed by atoms with Crippen LogP contribution in [-0.2, 0) is 19.0 Å². The Morgan fingerprint density at radius 2 is 1.90 bits per heavy atom. The van der Waals surface area contributed by atoms with Crippen LogP contribution < -0.4 is 0 Å². The zero-order valence-corrected chi connectivity index (χ0v) is 24.3. The number of benzene rings is 1. The largest absolute Gasteiger partial charge is 0.450 e. The summed E-state index contributed by atoms with van der Waals surface area (Å²) in [5.74, 6) is -1.81. The fourth-order valence-electron chi connectivity index (χ4n) is 8.60. The van der Waals surface area contributed by atoms with Crippen molar-refractivity contribution in [3.8, 4) is 5.69 Å². The van der Waals surface area contributed by atoms with Gasteiger partial charge in [-0.3, -0.25) is 4.79 Å². The first-order valence-corrected chi connectivity index (χ1v) is 14.5. The first-order chi connectivity index (χ1) is 19.3. The highest BCUT2D eigenvalue weighted by Gasteiger charge is 2.77. The molecule has 9 nitrogen and oxygen atoms in total. The molecular formula is C32H37N3O6. The molecular weight excluding hydrogens is 522 g/mol. The number of hydrogen-bond acceptors (Lipinski definition) is 8. The highest BCUT2D eigenvalue weighted by molar-refractivity contribution is 5.96. The van der Waals surface area contributed by atoms with E-state index >= 15 is 0 Å². The summed E-state index contributed by atoms with van der Waals surface area (Å²) in [5.41, 5.74) is -1.04. The zero-order valence-electron chi connectivity index (χ0n) is 24.3. The van der Waals surface area contributed by atoms with Crippen LogP contribution in [0.25, 0.3) is 5.69 Å². The maximum absolute atomic E-state index is 14.8. The van der Waals surface area contributed by atoms with Gasteiger partial charge in [0.25, 0.3) is 0 Å². The Hall–Kier alpha value is -3.14. The van der Waals surface area contributed by atoms with Gasteiger partial charge in [-0.25, -0.2) is 9.48 Å². The van der Waals surface area contributed by atoms with Crippen molar-refractivity contribution in [2.45, 2.75) is 71.6 Å². The van der Waals surface area contributed by atoms with Crippen molar-refractivity contribution in [3.05, 3.63) is 65.5 Å². The van der Waals surface area contributed by atoms with Crippen LogP contribution in [0.2, 0.25) is 0 Å². The molecule has 5 aliphatic rings. The molecule has 1 aliphatic heterocycles. The van der Waals surface area contributed by atoms with Crippen molar-refractivity contribution in [3.63, 3.8) is 0 Å². The van der Waals surface area contributed by atoms with Gasteiger partial charge in [-0.1, -0.05) is 56.3 Å². The molecule has 0 radical (unpaired) electrons. The van der Waals surface area contributed by atoms with Gasteiger partial charge in [0.15, 0.2) is 29.0 Å². The third-order valence-corrected chi connectivity index (χ3v) is 10.7. The Labute approximate surface area is 239 Å². The number of rotatable bonds is 3. The van der Waals surface area contributed by atoms with Gasteiger partial charge in [-0.2, -0.15) is 0 Å². The van der Waals surface area contributed by atoms with Crippen molar-refractivity contribution in [1.29, 1.82) is 0 Å². The first-order valence-electron chi connectivity index (χ1n) is 14.5. The summed E-state index contributed by atoms with van der Waals surface area (Å²) in [6.45, 7) is 12.2.